The molecule has 0 spiro atoms. The second-order valence-electron chi connectivity index (χ2n) is 7.77. The van der Waals surface area contributed by atoms with E-state index in [0.29, 0.717) is 30.3 Å². The van der Waals surface area contributed by atoms with Crippen LogP contribution in [0.15, 0.2) is 41.2 Å². The zero-order chi connectivity index (χ0) is 22.8. The van der Waals surface area contributed by atoms with Crippen molar-refractivity contribution in [3.63, 3.8) is 0 Å². The Labute approximate surface area is 187 Å². The van der Waals surface area contributed by atoms with E-state index < -0.39 is 23.7 Å². The number of aryl methyl sites for hydroxylation is 1. The number of H-pyrrole nitrogens is 1. The Balaban J connectivity index is 1.75. The summed E-state index contributed by atoms with van der Waals surface area (Å²) >= 11 is 5.83. The fraction of sp³-hybridized carbons (Fsp3) is 0.304. The van der Waals surface area contributed by atoms with Crippen molar-refractivity contribution in [2.24, 2.45) is 0 Å². The zero-order valence-electron chi connectivity index (χ0n) is 17.1. The van der Waals surface area contributed by atoms with Gasteiger partial charge >= 0.3 is 6.03 Å². The van der Waals surface area contributed by atoms with Crippen molar-refractivity contribution >= 4 is 34.1 Å². The second-order valence-corrected chi connectivity index (χ2v) is 8.18. The van der Waals surface area contributed by atoms with Crippen LogP contribution in [0.4, 0.5) is 19.3 Å². The van der Waals surface area contributed by atoms with E-state index in [9.17, 15) is 23.5 Å². The summed E-state index contributed by atoms with van der Waals surface area (Å²) in [5.41, 5.74) is 1.46. The molecule has 1 aliphatic rings. The number of benzene rings is 2. The molecule has 32 heavy (non-hydrogen) atoms. The molecular weight excluding hydrogens is 440 g/mol. The standard InChI is InChI=1S/C23H22ClF2N3O3/c24-17-12-14(6-8-18(17)26)27-23(32)29(9-2-10-30)20-4-1-3-19-21(20)15-7-5-13(25)11-16(15)22(31)28-19/h5-8,11-12,20,30H,1-4,9-10H2,(H,27,32)(H,28,31)/t20-/m1/s1. The maximum absolute atomic E-state index is 13.8. The van der Waals surface area contributed by atoms with Gasteiger partial charge in [0.15, 0.2) is 0 Å². The predicted octanol–water partition coefficient (Wildman–Crippen LogP) is 4.75. The average molecular weight is 462 g/mol. The Morgan fingerprint density at radius 2 is 2.03 bits per heavy atom. The van der Waals surface area contributed by atoms with Crippen LogP contribution in [-0.2, 0) is 6.42 Å². The van der Waals surface area contributed by atoms with E-state index in [1.54, 1.807) is 11.0 Å². The number of carbonyl (C=O) groups excluding carboxylic acids is 1. The van der Waals surface area contributed by atoms with Crippen LogP contribution < -0.4 is 10.9 Å². The van der Waals surface area contributed by atoms with E-state index in [1.165, 1.54) is 30.3 Å². The first-order valence-corrected chi connectivity index (χ1v) is 10.7. The lowest BCUT2D eigenvalue weighted by Gasteiger charge is -2.36. The molecule has 4 rings (SSSR count). The number of aliphatic hydroxyl groups is 1. The minimum absolute atomic E-state index is 0.108. The van der Waals surface area contributed by atoms with Gasteiger partial charge in [-0.15, -0.1) is 0 Å². The zero-order valence-corrected chi connectivity index (χ0v) is 17.9. The molecule has 3 aromatic rings. The quantitative estimate of drug-likeness (QED) is 0.512. The largest absolute Gasteiger partial charge is 0.396 e. The third-order valence-electron chi connectivity index (χ3n) is 5.71. The number of rotatable bonds is 5. The molecule has 1 aliphatic carbocycles. The van der Waals surface area contributed by atoms with Gasteiger partial charge in [-0.25, -0.2) is 13.6 Å². The molecule has 2 aromatic carbocycles. The molecule has 0 fully saturated rings. The summed E-state index contributed by atoms with van der Waals surface area (Å²) < 4.78 is 27.3. The molecule has 0 saturated carbocycles. The molecular formula is C23H22ClF2N3O3. The van der Waals surface area contributed by atoms with E-state index in [2.05, 4.69) is 10.3 Å². The van der Waals surface area contributed by atoms with Crippen molar-refractivity contribution in [1.29, 1.82) is 0 Å². The molecule has 1 aromatic heterocycles. The number of hydrogen-bond donors (Lipinski definition) is 3. The van der Waals surface area contributed by atoms with Gasteiger partial charge in [0.1, 0.15) is 11.6 Å². The van der Waals surface area contributed by atoms with Gasteiger partial charge in [-0.05, 0) is 61.4 Å². The molecule has 0 bridgehead atoms. The Bertz CT molecular complexity index is 1230. The van der Waals surface area contributed by atoms with Crippen LogP contribution in [0.1, 0.15) is 36.6 Å². The van der Waals surface area contributed by atoms with Crippen molar-refractivity contribution < 1.29 is 18.7 Å². The first-order chi connectivity index (χ1) is 15.4. The Kier molecular flexibility index (Phi) is 6.43. The number of hydrogen-bond acceptors (Lipinski definition) is 3. The normalized spacial score (nSPS) is 15.4. The summed E-state index contributed by atoms with van der Waals surface area (Å²) in [4.78, 5) is 30.2. The summed E-state index contributed by atoms with van der Waals surface area (Å²) in [6, 6.07) is 7.12. The summed E-state index contributed by atoms with van der Waals surface area (Å²) in [6.45, 7) is 0.145. The minimum atomic E-state index is -0.592. The van der Waals surface area contributed by atoms with Crippen molar-refractivity contribution in [3.05, 3.63) is 74.7 Å². The van der Waals surface area contributed by atoms with Gasteiger partial charge in [0.25, 0.3) is 5.56 Å². The lowest BCUT2D eigenvalue weighted by atomic mass is 9.86. The number of aromatic nitrogens is 1. The van der Waals surface area contributed by atoms with Crippen LogP contribution in [0.3, 0.4) is 0 Å². The number of pyridine rings is 1. The fourth-order valence-electron chi connectivity index (χ4n) is 4.29. The fourth-order valence-corrected chi connectivity index (χ4v) is 4.47. The van der Waals surface area contributed by atoms with E-state index in [0.717, 1.165) is 17.7 Å². The Morgan fingerprint density at radius 1 is 1.22 bits per heavy atom. The third-order valence-corrected chi connectivity index (χ3v) is 6.00. The first-order valence-electron chi connectivity index (χ1n) is 10.4. The molecule has 2 amide bonds. The number of aromatic amines is 1. The number of fused-ring (bicyclic) bond motifs is 3. The van der Waals surface area contributed by atoms with E-state index in [4.69, 9.17) is 11.6 Å². The molecule has 3 N–H and O–H groups in total. The second kappa shape index (κ2) is 9.26. The highest BCUT2D eigenvalue weighted by Gasteiger charge is 2.32. The topological polar surface area (TPSA) is 85.4 Å². The van der Waals surface area contributed by atoms with Gasteiger partial charge in [0.2, 0.25) is 0 Å². The van der Waals surface area contributed by atoms with Crippen LogP contribution in [-0.4, -0.2) is 34.2 Å². The molecule has 1 atom stereocenters. The van der Waals surface area contributed by atoms with Crippen molar-refractivity contribution in [2.45, 2.75) is 31.7 Å². The Hall–Kier alpha value is -2.97. The maximum atomic E-state index is 13.8. The number of carbonyl (C=O) groups is 1. The molecule has 168 valence electrons. The van der Waals surface area contributed by atoms with Gasteiger partial charge < -0.3 is 20.3 Å². The highest BCUT2D eigenvalue weighted by atomic mass is 35.5. The van der Waals surface area contributed by atoms with Crippen molar-refractivity contribution in [3.8, 4) is 0 Å². The van der Waals surface area contributed by atoms with Gasteiger partial charge in [-0.2, -0.15) is 0 Å². The lowest BCUT2D eigenvalue weighted by Crippen LogP contribution is -2.41. The maximum Gasteiger partial charge on any atom is 0.322 e. The number of nitrogens with one attached hydrogen (secondary N) is 2. The van der Waals surface area contributed by atoms with Crippen LogP contribution >= 0.6 is 11.6 Å². The number of amides is 2. The number of nitrogens with zero attached hydrogens (tertiary/aromatic N) is 1. The Morgan fingerprint density at radius 3 is 2.78 bits per heavy atom. The molecule has 0 radical (unpaired) electrons. The number of urea groups is 1. The van der Waals surface area contributed by atoms with Crippen LogP contribution in [0.5, 0.6) is 0 Å². The predicted molar refractivity (Wildman–Crippen MR) is 119 cm³/mol. The molecule has 0 aliphatic heterocycles. The number of anilines is 1. The van der Waals surface area contributed by atoms with Gasteiger partial charge in [0, 0.05) is 30.1 Å². The van der Waals surface area contributed by atoms with Crippen molar-refractivity contribution in [1.82, 2.24) is 9.88 Å². The number of aliphatic hydroxyl groups excluding tert-OH is 1. The SMILES string of the molecule is O=C(Nc1ccc(F)c(Cl)c1)N(CCCO)[C@@H]1CCCc2[nH]c(=O)c3cc(F)ccc3c21. The van der Waals surface area contributed by atoms with Crippen LogP contribution in [0, 0.1) is 11.6 Å². The smallest absolute Gasteiger partial charge is 0.322 e. The molecule has 1 heterocycles. The summed E-state index contributed by atoms with van der Waals surface area (Å²) in [5.74, 6) is -1.11. The van der Waals surface area contributed by atoms with Crippen molar-refractivity contribution in [2.75, 3.05) is 18.5 Å². The van der Waals surface area contributed by atoms with Gasteiger partial charge in [-0.3, -0.25) is 4.79 Å². The van der Waals surface area contributed by atoms with E-state index >= 15 is 0 Å². The van der Waals surface area contributed by atoms with Crippen LogP contribution in [0.25, 0.3) is 10.8 Å². The van der Waals surface area contributed by atoms with E-state index in [-0.39, 0.29) is 29.1 Å². The highest BCUT2D eigenvalue weighted by molar-refractivity contribution is 6.31. The third kappa shape index (κ3) is 4.33. The summed E-state index contributed by atoms with van der Waals surface area (Å²) in [6.07, 6.45) is 2.36. The number of halogens is 3. The lowest BCUT2D eigenvalue weighted by molar-refractivity contribution is 0.169. The van der Waals surface area contributed by atoms with Crippen LogP contribution in [0.2, 0.25) is 5.02 Å². The first kappa shape index (κ1) is 22.2. The van der Waals surface area contributed by atoms with Gasteiger partial charge in [-0.1, -0.05) is 17.7 Å². The molecule has 0 saturated heterocycles. The summed E-state index contributed by atoms with van der Waals surface area (Å²) in [7, 11) is 0. The van der Waals surface area contributed by atoms with Gasteiger partial charge in [0.05, 0.1) is 16.5 Å². The monoisotopic (exact) mass is 461 g/mol. The molecule has 0 unspecified atom stereocenters. The summed E-state index contributed by atoms with van der Waals surface area (Å²) in [5, 5.41) is 12.8. The highest BCUT2D eigenvalue weighted by Crippen LogP contribution is 2.37. The minimum Gasteiger partial charge on any atom is -0.396 e. The molecule has 6 nitrogen and oxygen atoms in total. The molecule has 9 heteroatoms. The average Bonchev–Trinajstić information content (AvgIpc) is 2.77. The van der Waals surface area contributed by atoms with E-state index in [1.807, 2.05) is 0 Å².